The van der Waals surface area contributed by atoms with Gasteiger partial charge in [-0.15, -0.1) is 11.3 Å². The van der Waals surface area contributed by atoms with E-state index >= 15 is 0 Å². The highest BCUT2D eigenvalue weighted by Gasteiger charge is 2.30. The molecule has 30 heavy (non-hydrogen) atoms. The number of morpholine rings is 1. The van der Waals surface area contributed by atoms with Crippen LogP contribution < -0.4 is 10.6 Å². The Balaban J connectivity index is 1.49. The van der Waals surface area contributed by atoms with Crippen LogP contribution in [0.15, 0.2) is 41.8 Å². The number of hydrogen-bond donors (Lipinski definition) is 2. The number of carbonyl (C=O) groups is 1. The van der Waals surface area contributed by atoms with Crippen molar-refractivity contribution >= 4 is 33.1 Å². The second kappa shape index (κ2) is 10.1. The first-order valence-electron chi connectivity index (χ1n) is 9.65. The molecule has 2 unspecified atom stereocenters. The van der Waals surface area contributed by atoms with E-state index in [1.165, 1.54) is 4.31 Å². The molecule has 0 bridgehead atoms. The fraction of sp³-hybridized carbons (Fsp3) is 0.381. The predicted molar refractivity (Wildman–Crippen MR) is 119 cm³/mol. The Kier molecular flexibility index (Phi) is 7.50. The molecule has 1 aromatic carbocycles. The summed E-state index contributed by atoms with van der Waals surface area (Å²) >= 11 is 1.57. The molecule has 1 aliphatic rings. The highest BCUT2D eigenvalue weighted by Crippen LogP contribution is 2.15. The van der Waals surface area contributed by atoms with Crippen molar-refractivity contribution in [2.24, 2.45) is 0 Å². The van der Waals surface area contributed by atoms with Crippen molar-refractivity contribution in [2.45, 2.75) is 26.1 Å². The van der Waals surface area contributed by atoms with Crippen LogP contribution in [-0.4, -0.2) is 56.3 Å². The van der Waals surface area contributed by atoms with Crippen LogP contribution in [0.25, 0.3) is 0 Å². The van der Waals surface area contributed by atoms with Crippen molar-refractivity contribution in [3.8, 4) is 11.8 Å². The third-order valence-electron chi connectivity index (χ3n) is 4.40. The molecule has 1 saturated heterocycles. The number of hydrogen-bond acceptors (Lipinski definition) is 5. The minimum Gasteiger partial charge on any atom is -0.373 e. The Bertz CT molecular complexity index is 1020. The van der Waals surface area contributed by atoms with Crippen molar-refractivity contribution in [3.63, 3.8) is 0 Å². The van der Waals surface area contributed by atoms with Gasteiger partial charge in [0, 0.05) is 30.9 Å². The van der Waals surface area contributed by atoms with Crippen LogP contribution in [0.4, 0.5) is 10.5 Å². The van der Waals surface area contributed by atoms with Gasteiger partial charge >= 0.3 is 6.03 Å². The summed E-state index contributed by atoms with van der Waals surface area (Å²) in [6, 6.07) is 10.6. The molecule has 0 radical (unpaired) electrons. The number of benzene rings is 1. The van der Waals surface area contributed by atoms with Gasteiger partial charge in [0.2, 0.25) is 10.0 Å². The normalized spacial score (nSPS) is 19.5. The molecule has 0 saturated carbocycles. The summed E-state index contributed by atoms with van der Waals surface area (Å²) in [6.45, 7) is 4.38. The minimum absolute atomic E-state index is 0.0200. The summed E-state index contributed by atoms with van der Waals surface area (Å²) in [5.74, 6) is 5.97. The third-order valence-corrected chi connectivity index (χ3v) is 6.99. The molecule has 7 nitrogen and oxygen atoms in total. The van der Waals surface area contributed by atoms with Crippen LogP contribution in [0.3, 0.4) is 0 Å². The second-order valence-electron chi connectivity index (χ2n) is 7.08. The molecule has 2 atom stereocenters. The largest absolute Gasteiger partial charge is 0.373 e. The first-order chi connectivity index (χ1) is 14.3. The number of nitrogens with one attached hydrogen (secondary N) is 2. The molecular formula is C21H25N3O4S2. The highest BCUT2D eigenvalue weighted by molar-refractivity contribution is 7.89. The van der Waals surface area contributed by atoms with Crippen molar-refractivity contribution in [1.29, 1.82) is 0 Å². The van der Waals surface area contributed by atoms with E-state index < -0.39 is 16.1 Å². The molecule has 2 amide bonds. The lowest BCUT2D eigenvalue weighted by Crippen LogP contribution is -2.49. The van der Waals surface area contributed by atoms with E-state index in [9.17, 15) is 13.2 Å². The highest BCUT2D eigenvalue weighted by atomic mass is 32.2. The summed E-state index contributed by atoms with van der Waals surface area (Å²) in [4.78, 5) is 13.1. The quantitative estimate of drug-likeness (QED) is 0.690. The number of amides is 2. The number of ether oxygens (including phenoxy) is 1. The average molecular weight is 448 g/mol. The van der Waals surface area contributed by atoms with Gasteiger partial charge in [-0.25, -0.2) is 13.2 Å². The van der Waals surface area contributed by atoms with Crippen LogP contribution >= 0.6 is 11.3 Å². The Morgan fingerprint density at radius 2 is 1.97 bits per heavy atom. The molecule has 2 aromatic rings. The van der Waals surface area contributed by atoms with Crippen molar-refractivity contribution in [3.05, 3.63) is 52.2 Å². The summed E-state index contributed by atoms with van der Waals surface area (Å²) in [7, 11) is -3.46. The molecule has 1 aromatic heterocycles. The SMILES string of the molecule is CC1CN(S(=O)(=O)CCNC(=O)Nc2cccc(C#Cc3cccs3)c2)CC(C)O1. The van der Waals surface area contributed by atoms with Crippen LogP contribution in [-0.2, 0) is 14.8 Å². The summed E-state index contributed by atoms with van der Waals surface area (Å²) in [5.41, 5.74) is 1.36. The number of thiophene rings is 1. The van der Waals surface area contributed by atoms with Gasteiger partial charge in [-0.2, -0.15) is 4.31 Å². The monoisotopic (exact) mass is 447 g/mol. The van der Waals surface area contributed by atoms with E-state index in [1.807, 2.05) is 37.4 Å². The molecule has 9 heteroatoms. The minimum atomic E-state index is -3.46. The zero-order chi connectivity index (χ0) is 21.6. The van der Waals surface area contributed by atoms with Crippen LogP contribution in [0, 0.1) is 11.8 Å². The maximum Gasteiger partial charge on any atom is 0.319 e. The van der Waals surface area contributed by atoms with Gasteiger partial charge in [-0.1, -0.05) is 24.0 Å². The smallest absolute Gasteiger partial charge is 0.319 e. The molecular weight excluding hydrogens is 422 g/mol. The number of nitrogens with zero attached hydrogens (tertiary/aromatic N) is 1. The maximum absolute atomic E-state index is 12.5. The van der Waals surface area contributed by atoms with E-state index in [2.05, 4.69) is 22.5 Å². The Labute approximate surface area is 181 Å². The molecule has 0 aliphatic carbocycles. The molecule has 160 valence electrons. The maximum atomic E-state index is 12.5. The number of carbonyl (C=O) groups excluding carboxylic acids is 1. The predicted octanol–water partition coefficient (Wildman–Crippen LogP) is 2.71. The molecule has 1 aliphatic heterocycles. The second-order valence-corrected chi connectivity index (χ2v) is 10.1. The standard InChI is InChI=1S/C21H25N3O4S2/c1-16-14-24(15-17(2)28-16)30(26,27)12-10-22-21(25)23-19-6-3-5-18(13-19)8-9-20-7-4-11-29-20/h3-7,11,13,16-17H,10,12,14-15H2,1-2H3,(H2,22,23,25). The average Bonchev–Trinajstić information content (AvgIpc) is 3.19. The lowest BCUT2D eigenvalue weighted by molar-refractivity contribution is -0.0440. The van der Waals surface area contributed by atoms with E-state index in [0.29, 0.717) is 18.8 Å². The van der Waals surface area contributed by atoms with Crippen LogP contribution in [0.5, 0.6) is 0 Å². The van der Waals surface area contributed by atoms with E-state index in [-0.39, 0.29) is 24.5 Å². The number of anilines is 1. The van der Waals surface area contributed by atoms with Crippen LogP contribution in [0.2, 0.25) is 0 Å². The summed E-state index contributed by atoms with van der Waals surface area (Å²) in [6.07, 6.45) is -0.287. The lowest BCUT2D eigenvalue weighted by Gasteiger charge is -2.34. The summed E-state index contributed by atoms with van der Waals surface area (Å²) in [5, 5.41) is 7.28. The van der Waals surface area contributed by atoms with Crippen molar-refractivity contribution < 1.29 is 17.9 Å². The van der Waals surface area contributed by atoms with Gasteiger partial charge in [-0.3, -0.25) is 0 Å². The fourth-order valence-electron chi connectivity index (χ4n) is 3.11. The zero-order valence-electron chi connectivity index (χ0n) is 16.9. The zero-order valence-corrected chi connectivity index (χ0v) is 18.6. The molecule has 1 fully saturated rings. The number of rotatable bonds is 5. The molecule has 0 spiro atoms. The van der Waals surface area contributed by atoms with E-state index in [4.69, 9.17) is 4.74 Å². The Hall–Kier alpha value is -2.38. The van der Waals surface area contributed by atoms with Gasteiger partial charge < -0.3 is 15.4 Å². The topological polar surface area (TPSA) is 87.7 Å². The molecule has 3 rings (SSSR count). The lowest BCUT2D eigenvalue weighted by atomic mass is 10.2. The summed E-state index contributed by atoms with van der Waals surface area (Å²) < 4.78 is 32.0. The van der Waals surface area contributed by atoms with Crippen molar-refractivity contribution in [1.82, 2.24) is 9.62 Å². The first-order valence-corrected chi connectivity index (χ1v) is 12.1. The van der Waals surface area contributed by atoms with Crippen LogP contribution in [0.1, 0.15) is 24.3 Å². The number of sulfonamides is 1. The van der Waals surface area contributed by atoms with Gasteiger partial charge in [0.1, 0.15) is 0 Å². The fourth-order valence-corrected chi connectivity index (χ4v) is 5.18. The van der Waals surface area contributed by atoms with Crippen molar-refractivity contribution in [2.75, 3.05) is 30.7 Å². The van der Waals surface area contributed by atoms with Gasteiger partial charge in [0.15, 0.2) is 0 Å². The van der Waals surface area contributed by atoms with Gasteiger partial charge in [-0.05, 0) is 43.5 Å². The third kappa shape index (κ3) is 6.57. The first kappa shape index (κ1) is 22.3. The Morgan fingerprint density at radius 3 is 2.67 bits per heavy atom. The Morgan fingerprint density at radius 1 is 1.20 bits per heavy atom. The number of urea groups is 1. The van der Waals surface area contributed by atoms with E-state index in [0.717, 1.165) is 10.4 Å². The van der Waals surface area contributed by atoms with Gasteiger partial charge in [0.25, 0.3) is 0 Å². The molecule has 2 heterocycles. The molecule has 2 N–H and O–H groups in total. The van der Waals surface area contributed by atoms with E-state index in [1.54, 1.807) is 29.5 Å². The van der Waals surface area contributed by atoms with Gasteiger partial charge in [0.05, 0.1) is 22.8 Å².